The number of benzene rings is 1. The van der Waals surface area contributed by atoms with E-state index in [0.717, 1.165) is 5.56 Å². The first-order valence-corrected chi connectivity index (χ1v) is 6.45. The molecule has 102 valence electrons. The van der Waals surface area contributed by atoms with Crippen molar-refractivity contribution in [2.24, 2.45) is 0 Å². The van der Waals surface area contributed by atoms with Crippen LogP contribution in [0.25, 0.3) is 0 Å². The molecule has 1 aliphatic rings. The molecule has 1 aromatic carbocycles. The number of nitrogens with two attached hydrogens (primary N) is 1. The summed E-state index contributed by atoms with van der Waals surface area (Å²) in [5.41, 5.74) is 7.73. The van der Waals surface area contributed by atoms with Gasteiger partial charge in [-0.3, -0.25) is 4.79 Å². The van der Waals surface area contributed by atoms with Crippen molar-refractivity contribution >= 4 is 28.9 Å². The van der Waals surface area contributed by atoms with Crippen molar-refractivity contribution in [2.75, 3.05) is 17.2 Å². The molecule has 4 nitrogen and oxygen atoms in total. The van der Waals surface area contributed by atoms with Gasteiger partial charge in [0.05, 0.1) is 23.1 Å². The van der Waals surface area contributed by atoms with Crippen molar-refractivity contribution in [1.29, 1.82) is 0 Å². The van der Waals surface area contributed by atoms with Crippen LogP contribution in [0, 0.1) is 5.82 Å². The van der Waals surface area contributed by atoms with Gasteiger partial charge in [-0.1, -0.05) is 17.7 Å². The minimum Gasteiger partial charge on any atom is -0.397 e. The molecule has 2 aromatic rings. The molecular weight excluding hydrogens is 281 g/mol. The average Bonchev–Trinajstić information content (AvgIpc) is 2.83. The van der Waals surface area contributed by atoms with Gasteiger partial charge in [0.25, 0.3) is 5.91 Å². The molecule has 6 heteroatoms. The highest BCUT2D eigenvalue weighted by atomic mass is 35.5. The third kappa shape index (κ3) is 2.10. The molecular formula is C14H11ClFN3O. The molecule has 1 aliphatic heterocycles. The molecule has 0 spiro atoms. The number of aromatic nitrogens is 1. The van der Waals surface area contributed by atoms with Gasteiger partial charge < -0.3 is 10.6 Å². The fraction of sp³-hybridized carbons (Fsp3) is 0.143. The van der Waals surface area contributed by atoms with Crippen LogP contribution in [0.1, 0.15) is 15.9 Å². The van der Waals surface area contributed by atoms with E-state index in [2.05, 4.69) is 4.98 Å². The van der Waals surface area contributed by atoms with E-state index in [-0.39, 0.29) is 22.4 Å². The van der Waals surface area contributed by atoms with Crippen LogP contribution < -0.4 is 10.6 Å². The maximum atomic E-state index is 13.3. The zero-order chi connectivity index (χ0) is 14.3. The number of carbonyl (C=O) groups is 1. The molecule has 0 saturated heterocycles. The second-order valence-corrected chi connectivity index (χ2v) is 4.94. The number of nitrogens with zero attached hydrogens (tertiary/aromatic N) is 2. The van der Waals surface area contributed by atoms with E-state index < -0.39 is 0 Å². The van der Waals surface area contributed by atoms with Crippen LogP contribution in [0.3, 0.4) is 0 Å². The van der Waals surface area contributed by atoms with E-state index in [4.69, 9.17) is 17.3 Å². The van der Waals surface area contributed by atoms with Crippen molar-refractivity contribution in [3.8, 4) is 0 Å². The Hall–Kier alpha value is -2.14. The second kappa shape index (κ2) is 4.76. The van der Waals surface area contributed by atoms with E-state index in [1.54, 1.807) is 6.07 Å². The maximum absolute atomic E-state index is 13.3. The number of hydrogen-bond acceptors (Lipinski definition) is 3. The number of halogens is 2. The summed E-state index contributed by atoms with van der Waals surface area (Å²) in [5.74, 6) is -0.695. The lowest BCUT2D eigenvalue weighted by molar-refractivity contribution is 0.0989. The number of fused-ring (bicyclic) bond motifs is 1. The largest absolute Gasteiger partial charge is 0.397 e. The van der Waals surface area contributed by atoms with Crippen molar-refractivity contribution in [1.82, 2.24) is 4.98 Å². The summed E-state index contributed by atoms with van der Waals surface area (Å²) < 4.78 is 13.3. The van der Waals surface area contributed by atoms with Crippen molar-refractivity contribution in [2.45, 2.75) is 6.42 Å². The molecule has 0 bridgehead atoms. The standard InChI is InChI=1S/C14H11ClFN3O/c15-13-11(6-10(17)7-18-13)14(20)19-4-3-8-1-2-9(16)5-12(8)19/h1-2,5-7H,3-4,17H2. The quantitative estimate of drug-likeness (QED) is 0.822. The average molecular weight is 292 g/mol. The van der Waals surface area contributed by atoms with Gasteiger partial charge in [0, 0.05) is 6.54 Å². The SMILES string of the molecule is Nc1cnc(Cl)c(C(=O)N2CCc3ccc(F)cc32)c1. The van der Waals surface area contributed by atoms with E-state index in [1.807, 2.05) is 0 Å². The Morgan fingerprint density at radius 3 is 3.00 bits per heavy atom. The first-order valence-electron chi connectivity index (χ1n) is 6.07. The highest BCUT2D eigenvalue weighted by Gasteiger charge is 2.27. The number of anilines is 2. The van der Waals surface area contributed by atoms with Gasteiger partial charge in [0.2, 0.25) is 0 Å². The number of amides is 1. The minimum absolute atomic E-state index is 0.0917. The van der Waals surface area contributed by atoms with Crippen LogP contribution in [0.2, 0.25) is 5.15 Å². The van der Waals surface area contributed by atoms with E-state index in [0.29, 0.717) is 24.3 Å². The normalized spacial score (nSPS) is 13.4. The van der Waals surface area contributed by atoms with Crippen LogP contribution in [-0.2, 0) is 6.42 Å². The minimum atomic E-state index is -0.375. The van der Waals surface area contributed by atoms with Gasteiger partial charge in [-0.15, -0.1) is 0 Å². The highest BCUT2D eigenvalue weighted by molar-refractivity contribution is 6.33. The third-order valence-corrected chi connectivity index (χ3v) is 3.58. The molecule has 2 heterocycles. The van der Waals surface area contributed by atoms with E-state index >= 15 is 0 Å². The van der Waals surface area contributed by atoms with Crippen LogP contribution >= 0.6 is 11.6 Å². The topological polar surface area (TPSA) is 59.2 Å². The summed E-state index contributed by atoms with van der Waals surface area (Å²) in [6, 6.07) is 5.92. The Kier molecular flexibility index (Phi) is 3.06. The van der Waals surface area contributed by atoms with Crippen molar-refractivity contribution in [3.05, 3.63) is 52.6 Å². The second-order valence-electron chi connectivity index (χ2n) is 4.59. The first-order chi connectivity index (χ1) is 9.56. The predicted molar refractivity (Wildman–Crippen MR) is 75.4 cm³/mol. The summed E-state index contributed by atoms with van der Waals surface area (Å²) in [7, 11) is 0. The molecule has 0 saturated carbocycles. The van der Waals surface area contributed by atoms with Gasteiger partial charge in [0.15, 0.2) is 0 Å². The smallest absolute Gasteiger partial charge is 0.261 e. The molecule has 1 aromatic heterocycles. The summed E-state index contributed by atoms with van der Waals surface area (Å²) in [6.45, 7) is 0.489. The molecule has 1 amide bonds. The fourth-order valence-electron chi connectivity index (χ4n) is 2.32. The maximum Gasteiger partial charge on any atom is 0.261 e. The summed E-state index contributed by atoms with van der Waals surface area (Å²) in [4.78, 5) is 17.9. The fourth-order valence-corrected chi connectivity index (χ4v) is 2.51. The molecule has 0 aliphatic carbocycles. The molecule has 0 atom stereocenters. The molecule has 0 radical (unpaired) electrons. The Balaban J connectivity index is 2.01. The van der Waals surface area contributed by atoms with Gasteiger partial charge >= 0.3 is 0 Å². The van der Waals surface area contributed by atoms with E-state index in [9.17, 15) is 9.18 Å². The molecule has 20 heavy (non-hydrogen) atoms. The van der Waals surface area contributed by atoms with Crippen LogP contribution in [-0.4, -0.2) is 17.4 Å². The predicted octanol–water partition coefficient (Wildman–Crippen LogP) is 2.66. The summed E-state index contributed by atoms with van der Waals surface area (Å²) in [5, 5.41) is 0.0917. The number of nitrogen functional groups attached to an aromatic ring is 1. The summed E-state index contributed by atoms with van der Waals surface area (Å²) in [6.07, 6.45) is 2.07. The van der Waals surface area contributed by atoms with Gasteiger partial charge in [0.1, 0.15) is 11.0 Å². The number of pyridine rings is 1. The van der Waals surface area contributed by atoms with Crippen LogP contribution in [0.5, 0.6) is 0 Å². The summed E-state index contributed by atoms with van der Waals surface area (Å²) >= 11 is 5.94. The Bertz CT molecular complexity index is 705. The Labute approximate surface area is 120 Å². The Morgan fingerprint density at radius 1 is 1.40 bits per heavy atom. The number of rotatable bonds is 1. The molecule has 2 N–H and O–H groups in total. The third-order valence-electron chi connectivity index (χ3n) is 3.28. The van der Waals surface area contributed by atoms with Gasteiger partial charge in [-0.2, -0.15) is 0 Å². The Morgan fingerprint density at radius 2 is 2.20 bits per heavy atom. The highest BCUT2D eigenvalue weighted by Crippen LogP contribution is 2.31. The first kappa shape index (κ1) is 12.9. The van der Waals surface area contributed by atoms with Crippen molar-refractivity contribution in [3.63, 3.8) is 0 Å². The lowest BCUT2D eigenvalue weighted by Crippen LogP contribution is -2.29. The van der Waals surface area contributed by atoms with Crippen molar-refractivity contribution < 1.29 is 9.18 Å². The lowest BCUT2D eigenvalue weighted by Gasteiger charge is -2.18. The molecule has 0 unspecified atom stereocenters. The van der Waals surface area contributed by atoms with Crippen LogP contribution in [0.15, 0.2) is 30.5 Å². The monoisotopic (exact) mass is 291 g/mol. The van der Waals surface area contributed by atoms with E-state index in [1.165, 1.54) is 29.3 Å². The number of hydrogen-bond donors (Lipinski definition) is 1. The molecule has 3 rings (SSSR count). The zero-order valence-corrected chi connectivity index (χ0v) is 11.2. The van der Waals surface area contributed by atoms with Gasteiger partial charge in [-0.05, 0) is 30.2 Å². The van der Waals surface area contributed by atoms with Crippen LogP contribution in [0.4, 0.5) is 15.8 Å². The molecule has 0 fully saturated rings. The number of carbonyl (C=O) groups excluding carboxylic acids is 1. The lowest BCUT2D eigenvalue weighted by atomic mass is 10.1. The van der Waals surface area contributed by atoms with Gasteiger partial charge in [-0.25, -0.2) is 9.37 Å². The zero-order valence-electron chi connectivity index (χ0n) is 10.4.